The molecule has 6 nitrogen and oxygen atoms in total. The number of thioether (sulfide) groups is 1. The molecule has 0 spiro atoms. The summed E-state index contributed by atoms with van der Waals surface area (Å²) in [6.45, 7) is 8.72. The molecule has 0 radical (unpaired) electrons. The molecule has 2 unspecified atom stereocenters. The maximum absolute atomic E-state index is 12.1. The summed E-state index contributed by atoms with van der Waals surface area (Å²) in [6.07, 6.45) is 0.730. The predicted molar refractivity (Wildman–Crippen MR) is 78.8 cm³/mol. The maximum Gasteiger partial charge on any atom is 0.327 e. The topological polar surface area (TPSA) is 78.9 Å². The van der Waals surface area contributed by atoms with Crippen LogP contribution in [0.1, 0.15) is 20.3 Å². The first kappa shape index (κ1) is 16.8. The van der Waals surface area contributed by atoms with Crippen molar-refractivity contribution in [3.8, 4) is 0 Å². The number of hydrogen-bond donors (Lipinski definition) is 2. The zero-order valence-electron chi connectivity index (χ0n) is 11.9. The quantitative estimate of drug-likeness (QED) is 0.551. The van der Waals surface area contributed by atoms with E-state index < -0.39 is 12.0 Å². The van der Waals surface area contributed by atoms with E-state index in [1.165, 1.54) is 16.7 Å². The van der Waals surface area contributed by atoms with Crippen LogP contribution in [0.2, 0.25) is 0 Å². The largest absolute Gasteiger partial charge is 0.480 e. The maximum atomic E-state index is 12.1. The fraction of sp³-hybridized carbons (Fsp3) is 0.692. The van der Waals surface area contributed by atoms with Crippen molar-refractivity contribution in [1.82, 2.24) is 10.2 Å². The van der Waals surface area contributed by atoms with Crippen molar-refractivity contribution < 1.29 is 19.4 Å². The lowest BCUT2D eigenvalue weighted by atomic mass is 10.3. The molecule has 0 bridgehead atoms. The van der Waals surface area contributed by atoms with Gasteiger partial charge in [-0.15, -0.1) is 11.8 Å². The lowest BCUT2D eigenvalue weighted by Gasteiger charge is -2.26. The van der Waals surface area contributed by atoms with E-state index >= 15 is 0 Å². The van der Waals surface area contributed by atoms with Crippen LogP contribution in [0.5, 0.6) is 0 Å². The molecule has 0 saturated carbocycles. The Balaban J connectivity index is 2.42. The van der Waals surface area contributed by atoms with Gasteiger partial charge in [-0.2, -0.15) is 0 Å². The van der Waals surface area contributed by atoms with Crippen LogP contribution in [0.15, 0.2) is 12.2 Å². The van der Waals surface area contributed by atoms with E-state index in [2.05, 4.69) is 11.9 Å². The van der Waals surface area contributed by atoms with Gasteiger partial charge in [0.05, 0.1) is 18.6 Å². The van der Waals surface area contributed by atoms with Gasteiger partial charge >= 0.3 is 12.0 Å². The summed E-state index contributed by atoms with van der Waals surface area (Å²) in [4.78, 5) is 24.7. The standard InChI is InChI=1S/C13H22N2O4S/c1-4-11-15(10(8-20-11)12(16)17)13(18)14-5-6-19-7-9(2)3/h10-11H,2,4-8H2,1,3H3,(H,14,18)(H,16,17). The molecule has 0 aromatic heterocycles. The molecule has 114 valence electrons. The third-order valence-electron chi connectivity index (χ3n) is 2.83. The molecule has 7 heteroatoms. The Bertz CT molecular complexity index is 375. The van der Waals surface area contributed by atoms with E-state index in [0.717, 1.165) is 12.0 Å². The Hall–Kier alpha value is -1.21. The second kappa shape index (κ2) is 8.16. The van der Waals surface area contributed by atoms with Crippen molar-refractivity contribution in [2.45, 2.75) is 31.7 Å². The number of carbonyl (C=O) groups is 2. The first-order valence-corrected chi connectivity index (χ1v) is 7.65. The molecule has 1 aliphatic heterocycles. The summed E-state index contributed by atoms with van der Waals surface area (Å²) in [6, 6.07) is -1.09. The van der Waals surface area contributed by atoms with Gasteiger partial charge in [-0.25, -0.2) is 9.59 Å². The van der Waals surface area contributed by atoms with Crippen LogP contribution in [0.25, 0.3) is 0 Å². The zero-order valence-corrected chi connectivity index (χ0v) is 12.7. The highest BCUT2D eigenvalue weighted by Crippen LogP contribution is 2.31. The third kappa shape index (κ3) is 4.72. The number of ether oxygens (including phenoxy) is 1. The van der Waals surface area contributed by atoms with E-state index in [0.29, 0.717) is 25.5 Å². The Labute approximate surface area is 123 Å². The van der Waals surface area contributed by atoms with Gasteiger partial charge < -0.3 is 15.2 Å². The summed E-state index contributed by atoms with van der Waals surface area (Å²) in [7, 11) is 0. The Morgan fingerprint density at radius 1 is 1.55 bits per heavy atom. The van der Waals surface area contributed by atoms with Crippen LogP contribution in [0.4, 0.5) is 4.79 Å². The smallest absolute Gasteiger partial charge is 0.327 e. The van der Waals surface area contributed by atoms with Crippen molar-refractivity contribution in [2.24, 2.45) is 0 Å². The molecule has 0 aliphatic carbocycles. The Morgan fingerprint density at radius 2 is 2.25 bits per heavy atom. The first-order valence-electron chi connectivity index (χ1n) is 6.60. The third-order valence-corrected chi connectivity index (χ3v) is 4.29. The number of nitrogens with one attached hydrogen (secondary N) is 1. The van der Waals surface area contributed by atoms with Crippen molar-refractivity contribution in [3.63, 3.8) is 0 Å². The molecule has 1 aliphatic rings. The summed E-state index contributed by atoms with van der Waals surface area (Å²) in [5, 5.41) is 11.8. The molecular weight excluding hydrogens is 280 g/mol. The van der Waals surface area contributed by atoms with Crippen LogP contribution < -0.4 is 5.32 Å². The summed E-state index contributed by atoms with van der Waals surface area (Å²) in [5.41, 5.74) is 0.921. The lowest BCUT2D eigenvalue weighted by Crippen LogP contribution is -2.50. The number of carbonyl (C=O) groups excluding carboxylic acids is 1. The Morgan fingerprint density at radius 3 is 2.80 bits per heavy atom. The van der Waals surface area contributed by atoms with Gasteiger partial charge in [-0.1, -0.05) is 19.1 Å². The number of aliphatic carboxylic acids is 1. The molecule has 1 rings (SSSR count). The number of amides is 2. The van der Waals surface area contributed by atoms with Crippen LogP contribution in [-0.2, 0) is 9.53 Å². The fourth-order valence-corrected chi connectivity index (χ4v) is 3.26. The summed E-state index contributed by atoms with van der Waals surface area (Å²) in [5.74, 6) is -0.518. The van der Waals surface area contributed by atoms with Crippen molar-refractivity contribution in [1.29, 1.82) is 0 Å². The molecule has 2 atom stereocenters. The molecule has 2 amide bonds. The molecule has 1 fully saturated rings. The second-order valence-electron chi connectivity index (χ2n) is 4.70. The molecule has 1 saturated heterocycles. The second-order valence-corrected chi connectivity index (χ2v) is 5.91. The van der Waals surface area contributed by atoms with E-state index in [-0.39, 0.29) is 11.4 Å². The van der Waals surface area contributed by atoms with E-state index in [9.17, 15) is 9.59 Å². The number of nitrogens with zero attached hydrogens (tertiary/aromatic N) is 1. The summed E-state index contributed by atoms with van der Waals surface area (Å²) < 4.78 is 5.28. The highest BCUT2D eigenvalue weighted by molar-refractivity contribution is 8.00. The van der Waals surface area contributed by atoms with Gasteiger partial charge in [-0.05, 0) is 13.3 Å². The van der Waals surface area contributed by atoms with Crippen LogP contribution in [-0.4, -0.2) is 58.9 Å². The number of carboxylic acids is 1. The molecule has 0 aromatic rings. The Kier molecular flexibility index (Phi) is 6.87. The first-order chi connectivity index (χ1) is 9.47. The number of hydrogen-bond acceptors (Lipinski definition) is 4. The van der Waals surface area contributed by atoms with Gasteiger partial charge in [-0.3, -0.25) is 4.90 Å². The van der Waals surface area contributed by atoms with Crippen LogP contribution >= 0.6 is 11.8 Å². The fourth-order valence-electron chi connectivity index (χ4n) is 1.91. The molecule has 0 aromatic carbocycles. The summed E-state index contributed by atoms with van der Waals surface area (Å²) >= 11 is 1.50. The van der Waals surface area contributed by atoms with Gasteiger partial charge in [0.25, 0.3) is 0 Å². The average Bonchev–Trinajstić information content (AvgIpc) is 2.81. The molecule has 2 N–H and O–H groups in total. The van der Waals surface area contributed by atoms with Crippen molar-refractivity contribution in [3.05, 3.63) is 12.2 Å². The van der Waals surface area contributed by atoms with Gasteiger partial charge in [0.2, 0.25) is 0 Å². The minimum absolute atomic E-state index is 0.0764. The predicted octanol–water partition coefficient (Wildman–Crippen LogP) is 1.53. The van der Waals surface area contributed by atoms with Crippen LogP contribution in [0, 0.1) is 0 Å². The molecule has 20 heavy (non-hydrogen) atoms. The minimum Gasteiger partial charge on any atom is -0.480 e. The van der Waals surface area contributed by atoms with E-state index in [1.54, 1.807) is 0 Å². The number of rotatable bonds is 7. The molecular formula is C13H22N2O4S. The number of urea groups is 1. The SMILES string of the molecule is C=C(C)COCCNC(=O)N1C(CC)SCC1C(=O)O. The van der Waals surface area contributed by atoms with Gasteiger partial charge in [0.15, 0.2) is 0 Å². The minimum atomic E-state index is -0.956. The van der Waals surface area contributed by atoms with Gasteiger partial charge in [0, 0.05) is 12.3 Å². The normalized spacial score (nSPS) is 21.8. The highest BCUT2D eigenvalue weighted by Gasteiger charge is 2.40. The average molecular weight is 302 g/mol. The highest BCUT2D eigenvalue weighted by atomic mass is 32.2. The van der Waals surface area contributed by atoms with E-state index in [4.69, 9.17) is 9.84 Å². The lowest BCUT2D eigenvalue weighted by molar-refractivity contribution is -0.141. The van der Waals surface area contributed by atoms with E-state index in [1.807, 2.05) is 13.8 Å². The van der Waals surface area contributed by atoms with Crippen molar-refractivity contribution >= 4 is 23.8 Å². The number of carboxylic acid groups (broad SMARTS) is 1. The van der Waals surface area contributed by atoms with Gasteiger partial charge in [0.1, 0.15) is 6.04 Å². The van der Waals surface area contributed by atoms with Crippen LogP contribution in [0.3, 0.4) is 0 Å². The zero-order chi connectivity index (χ0) is 15.1. The monoisotopic (exact) mass is 302 g/mol. The molecule has 1 heterocycles. The van der Waals surface area contributed by atoms with Crippen molar-refractivity contribution in [2.75, 3.05) is 25.5 Å².